The Morgan fingerprint density at radius 1 is 1.16 bits per heavy atom. The molecule has 0 spiro atoms. The van der Waals surface area contributed by atoms with Gasteiger partial charge < -0.3 is 15.4 Å². The zero-order valence-corrected chi connectivity index (χ0v) is 11.3. The lowest BCUT2D eigenvalue weighted by Gasteiger charge is -2.36. The van der Waals surface area contributed by atoms with E-state index in [4.69, 9.17) is 15.5 Å². The third kappa shape index (κ3) is 2.49. The van der Waals surface area contributed by atoms with Gasteiger partial charge in [0.15, 0.2) is 0 Å². The van der Waals surface area contributed by atoms with E-state index in [-0.39, 0.29) is 12.2 Å². The number of nitrogen functional groups attached to an aromatic ring is 1. The minimum Gasteiger partial charge on any atom is -0.399 e. The molecule has 4 nitrogen and oxygen atoms in total. The van der Waals surface area contributed by atoms with Crippen LogP contribution in [0.3, 0.4) is 0 Å². The van der Waals surface area contributed by atoms with Crippen LogP contribution in [0.4, 0.5) is 11.5 Å². The Bertz CT molecular complexity index is 589. The van der Waals surface area contributed by atoms with Crippen molar-refractivity contribution in [2.45, 2.75) is 26.1 Å². The Hall–Kier alpha value is -1.81. The monoisotopic (exact) mass is 257 g/mol. The van der Waals surface area contributed by atoms with Crippen LogP contribution >= 0.6 is 0 Å². The number of aromatic nitrogens is 1. The summed E-state index contributed by atoms with van der Waals surface area (Å²) in [4.78, 5) is 7.01. The molecule has 0 bridgehead atoms. The second kappa shape index (κ2) is 4.70. The molecule has 0 unspecified atom stereocenters. The first kappa shape index (κ1) is 12.2. The van der Waals surface area contributed by atoms with E-state index in [1.165, 1.54) is 0 Å². The predicted molar refractivity (Wildman–Crippen MR) is 78.4 cm³/mol. The fourth-order valence-corrected chi connectivity index (χ4v) is 2.67. The standard InChI is InChI=1S/C15H19N3O/c1-10-8-18(9-11(2)19-10)15-6-3-12-7-13(16)4-5-14(12)17-15/h3-7,10-11H,8-9,16H2,1-2H3/t10-,11+. The maximum Gasteiger partial charge on any atom is 0.129 e. The number of morpholine rings is 1. The summed E-state index contributed by atoms with van der Waals surface area (Å²) in [5.74, 6) is 1.01. The number of nitrogens with zero attached hydrogens (tertiary/aromatic N) is 2. The Morgan fingerprint density at radius 2 is 1.89 bits per heavy atom. The number of rotatable bonds is 1. The molecular weight excluding hydrogens is 238 g/mol. The van der Waals surface area contributed by atoms with Crippen LogP contribution in [0.15, 0.2) is 30.3 Å². The zero-order valence-electron chi connectivity index (χ0n) is 11.3. The number of fused-ring (bicyclic) bond motifs is 1. The smallest absolute Gasteiger partial charge is 0.129 e. The molecule has 3 rings (SSSR count). The summed E-state index contributed by atoms with van der Waals surface area (Å²) < 4.78 is 5.76. The van der Waals surface area contributed by atoms with Gasteiger partial charge in [-0.25, -0.2) is 4.98 Å². The van der Waals surface area contributed by atoms with Crippen molar-refractivity contribution in [2.24, 2.45) is 0 Å². The van der Waals surface area contributed by atoms with Crippen LogP contribution < -0.4 is 10.6 Å². The van der Waals surface area contributed by atoms with E-state index in [0.29, 0.717) is 0 Å². The summed E-state index contributed by atoms with van der Waals surface area (Å²) in [6, 6.07) is 9.97. The highest BCUT2D eigenvalue weighted by Gasteiger charge is 2.23. The minimum atomic E-state index is 0.243. The number of anilines is 2. The van der Waals surface area contributed by atoms with Crippen LogP contribution in [-0.4, -0.2) is 30.3 Å². The van der Waals surface area contributed by atoms with Gasteiger partial charge in [-0.3, -0.25) is 0 Å². The van der Waals surface area contributed by atoms with Crippen molar-refractivity contribution in [3.8, 4) is 0 Å². The third-order valence-corrected chi connectivity index (χ3v) is 3.44. The highest BCUT2D eigenvalue weighted by molar-refractivity contribution is 5.83. The molecule has 1 aromatic heterocycles. The molecule has 1 aliphatic heterocycles. The zero-order chi connectivity index (χ0) is 13.4. The van der Waals surface area contributed by atoms with E-state index in [2.05, 4.69) is 30.9 Å². The fourth-order valence-electron chi connectivity index (χ4n) is 2.67. The second-order valence-corrected chi connectivity index (χ2v) is 5.28. The average Bonchev–Trinajstić information content (AvgIpc) is 2.37. The van der Waals surface area contributed by atoms with Gasteiger partial charge in [-0.1, -0.05) is 0 Å². The molecule has 2 atom stereocenters. The van der Waals surface area contributed by atoms with E-state index in [1.54, 1.807) is 0 Å². The van der Waals surface area contributed by atoms with E-state index in [1.807, 2.05) is 18.2 Å². The van der Waals surface area contributed by atoms with Gasteiger partial charge >= 0.3 is 0 Å². The summed E-state index contributed by atoms with van der Waals surface area (Å²) in [5.41, 5.74) is 7.54. The maximum atomic E-state index is 5.79. The highest BCUT2D eigenvalue weighted by Crippen LogP contribution is 2.22. The van der Waals surface area contributed by atoms with E-state index in [0.717, 1.165) is 35.5 Å². The van der Waals surface area contributed by atoms with E-state index in [9.17, 15) is 0 Å². The number of benzene rings is 1. The summed E-state index contributed by atoms with van der Waals surface area (Å²) in [7, 11) is 0. The number of pyridine rings is 1. The molecule has 4 heteroatoms. The first-order valence-corrected chi connectivity index (χ1v) is 6.68. The second-order valence-electron chi connectivity index (χ2n) is 5.28. The minimum absolute atomic E-state index is 0.243. The molecular formula is C15H19N3O. The lowest BCUT2D eigenvalue weighted by molar-refractivity contribution is -0.00544. The molecule has 1 aromatic carbocycles. The summed E-state index contributed by atoms with van der Waals surface area (Å²) in [6.45, 7) is 5.98. The number of hydrogen-bond donors (Lipinski definition) is 1. The Labute approximate surface area is 113 Å². The highest BCUT2D eigenvalue weighted by atomic mass is 16.5. The predicted octanol–water partition coefficient (Wildman–Crippen LogP) is 2.43. The molecule has 0 amide bonds. The summed E-state index contributed by atoms with van der Waals surface area (Å²) >= 11 is 0. The van der Waals surface area contributed by atoms with Gasteiger partial charge in [-0.15, -0.1) is 0 Å². The molecule has 1 aliphatic rings. The number of nitrogens with two attached hydrogens (primary N) is 1. The quantitative estimate of drug-likeness (QED) is 0.797. The van der Waals surface area contributed by atoms with Gasteiger partial charge in [0.05, 0.1) is 17.7 Å². The average molecular weight is 257 g/mol. The van der Waals surface area contributed by atoms with Gasteiger partial charge in [0.25, 0.3) is 0 Å². The van der Waals surface area contributed by atoms with Gasteiger partial charge in [-0.2, -0.15) is 0 Å². The van der Waals surface area contributed by atoms with Crippen molar-refractivity contribution in [3.05, 3.63) is 30.3 Å². The third-order valence-electron chi connectivity index (χ3n) is 3.44. The first-order valence-electron chi connectivity index (χ1n) is 6.68. The molecule has 2 heterocycles. The normalized spacial score (nSPS) is 23.8. The van der Waals surface area contributed by atoms with Crippen LogP contribution in [0, 0.1) is 0 Å². The van der Waals surface area contributed by atoms with Crippen LogP contribution in [0.1, 0.15) is 13.8 Å². The van der Waals surface area contributed by atoms with Crippen LogP contribution in [-0.2, 0) is 4.74 Å². The van der Waals surface area contributed by atoms with Gasteiger partial charge in [0.2, 0.25) is 0 Å². The molecule has 19 heavy (non-hydrogen) atoms. The van der Waals surface area contributed by atoms with Gasteiger partial charge in [-0.05, 0) is 44.2 Å². The SMILES string of the molecule is C[C@@H]1CN(c2ccc3cc(N)ccc3n2)C[C@H](C)O1. The molecule has 2 N–H and O–H groups in total. The molecule has 0 radical (unpaired) electrons. The van der Waals surface area contributed by atoms with Crippen molar-refractivity contribution in [1.29, 1.82) is 0 Å². The Kier molecular flexibility index (Phi) is 3.03. The number of hydrogen-bond acceptors (Lipinski definition) is 4. The lowest BCUT2D eigenvalue weighted by atomic mass is 10.2. The van der Waals surface area contributed by atoms with Crippen molar-refractivity contribution >= 4 is 22.4 Å². The molecule has 0 aliphatic carbocycles. The number of ether oxygens (including phenoxy) is 1. The largest absolute Gasteiger partial charge is 0.399 e. The summed E-state index contributed by atoms with van der Waals surface area (Å²) in [6.07, 6.45) is 0.486. The van der Waals surface area contributed by atoms with Crippen molar-refractivity contribution < 1.29 is 4.74 Å². The van der Waals surface area contributed by atoms with Crippen molar-refractivity contribution in [2.75, 3.05) is 23.7 Å². The van der Waals surface area contributed by atoms with Crippen molar-refractivity contribution in [3.63, 3.8) is 0 Å². The van der Waals surface area contributed by atoms with Crippen LogP contribution in [0.5, 0.6) is 0 Å². The molecule has 2 aromatic rings. The fraction of sp³-hybridized carbons (Fsp3) is 0.400. The maximum absolute atomic E-state index is 5.79. The van der Waals surface area contributed by atoms with Crippen LogP contribution in [0.25, 0.3) is 10.9 Å². The van der Waals surface area contributed by atoms with Crippen molar-refractivity contribution in [1.82, 2.24) is 4.98 Å². The lowest BCUT2D eigenvalue weighted by Crippen LogP contribution is -2.45. The molecule has 1 saturated heterocycles. The Morgan fingerprint density at radius 3 is 2.63 bits per heavy atom. The summed E-state index contributed by atoms with van der Waals surface area (Å²) in [5, 5.41) is 1.08. The molecule has 100 valence electrons. The first-order chi connectivity index (χ1) is 9.11. The van der Waals surface area contributed by atoms with E-state index < -0.39 is 0 Å². The Balaban J connectivity index is 1.94. The topological polar surface area (TPSA) is 51.4 Å². The molecule has 0 saturated carbocycles. The van der Waals surface area contributed by atoms with Gasteiger partial charge in [0.1, 0.15) is 5.82 Å². The van der Waals surface area contributed by atoms with Gasteiger partial charge in [0, 0.05) is 24.2 Å². The van der Waals surface area contributed by atoms with Crippen LogP contribution in [0.2, 0.25) is 0 Å². The van der Waals surface area contributed by atoms with E-state index >= 15 is 0 Å². The molecule has 1 fully saturated rings.